The van der Waals surface area contributed by atoms with Gasteiger partial charge in [-0.15, -0.1) is 12.4 Å². The van der Waals surface area contributed by atoms with Crippen LogP contribution >= 0.6 is 12.4 Å². The van der Waals surface area contributed by atoms with Gasteiger partial charge in [-0.2, -0.15) is 0 Å². The molecule has 0 aliphatic heterocycles. The number of benzene rings is 1. The van der Waals surface area contributed by atoms with Crippen LogP contribution < -0.4 is 11.1 Å². The second kappa shape index (κ2) is 8.18. The minimum atomic E-state index is -0.499. The number of halogens is 1. The predicted molar refractivity (Wildman–Crippen MR) is 82.8 cm³/mol. The number of aryl methyl sites for hydroxylation is 1. The van der Waals surface area contributed by atoms with Crippen LogP contribution in [-0.2, 0) is 16.6 Å². The number of carbonyl (C=O) groups excluding carboxylic acids is 1. The smallest absolute Gasteiger partial charge is 0.230 e. The normalized spacial score (nSPS) is 10.7. The van der Waals surface area contributed by atoms with E-state index in [1.54, 1.807) is 0 Å². The second-order valence-electron chi connectivity index (χ2n) is 5.07. The number of amides is 1. The van der Waals surface area contributed by atoms with Crippen molar-refractivity contribution in [2.75, 3.05) is 13.1 Å². The van der Waals surface area contributed by atoms with Gasteiger partial charge >= 0.3 is 0 Å². The van der Waals surface area contributed by atoms with Gasteiger partial charge in [0.2, 0.25) is 5.91 Å². The average molecular weight is 285 g/mol. The molecule has 0 heterocycles. The first kappa shape index (κ1) is 17.9. The van der Waals surface area contributed by atoms with E-state index >= 15 is 0 Å². The number of hydrogen-bond acceptors (Lipinski definition) is 2. The van der Waals surface area contributed by atoms with Crippen molar-refractivity contribution in [1.29, 1.82) is 0 Å². The number of nitrogens with two attached hydrogens (primary N) is 1. The molecule has 0 fully saturated rings. The van der Waals surface area contributed by atoms with Crippen LogP contribution in [0.25, 0.3) is 0 Å². The monoisotopic (exact) mass is 284 g/mol. The Bertz CT molecular complexity index is 388. The fourth-order valence-electron chi connectivity index (χ4n) is 1.81. The molecular formula is C15H25ClN2O. The lowest BCUT2D eigenvalue weighted by Gasteiger charge is -2.24. The summed E-state index contributed by atoms with van der Waals surface area (Å²) in [6.45, 7) is 7.27. The van der Waals surface area contributed by atoms with Gasteiger partial charge in [0, 0.05) is 6.54 Å². The van der Waals surface area contributed by atoms with E-state index in [4.69, 9.17) is 5.73 Å². The summed E-state index contributed by atoms with van der Waals surface area (Å²) in [6, 6.07) is 8.26. The highest BCUT2D eigenvalue weighted by atomic mass is 35.5. The molecule has 1 amide bonds. The minimum Gasteiger partial charge on any atom is -0.355 e. The van der Waals surface area contributed by atoms with Crippen molar-refractivity contribution in [2.24, 2.45) is 5.73 Å². The molecule has 0 radical (unpaired) electrons. The Morgan fingerprint density at radius 1 is 1.26 bits per heavy atom. The number of hydrogen-bond donors (Lipinski definition) is 2. The van der Waals surface area contributed by atoms with Gasteiger partial charge in [-0.25, -0.2) is 0 Å². The maximum absolute atomic E-state index is 12.1. The van der Waals surface area contributed by atoms with E-state index in [-0.39, 0.29) is 18.3 Å². The third kappa shape index (κ3) is 4.84. The summed E-state index contributed by atoms with van der Waals surface area (Å²) in [5.74, 6) is 0.0557. The van der Waals surface area contributed by atoms with Gasteiger partial charge in [-0.1, -0.05) is 31.2 Å². The van der Waals surface area contributed by atoms with Crippen molar-refractivity contribution < 1.29 is 4.79 Å². The summed E-state index contributed by atoms with van der Waals surface area (Å²) >= 11 is 0. The minimum absolute atomic E-state index is 0. The molecule has 1 rings (SSSR count). The van der Waals surface area contributed by atoms with Gasteiger partial charge in [0.15, 0.2) is 0 Å². The van der Waals surface area contributed by atoms with E-state index in [9.17, 15) is 4.79 Å². The van der Waals surface area contributed by atoms with Crippen LogP contribution in [0.2, 0.25) is 0 Å². The van der Waals surface area contributed by atoms with Crippen molar-refractivity contribution in [3.63, 3.8) is 0 Å². The van der Waals surface area contributed by atoms with E-state index < -0.39 is 5.41 Å². The molecule has 0 aromatic heterocycles. The number of carbonyl (C=O) groups is 1. The molecule has 0 saturated carbocycles. The first-order chi connectivity index (χ1) is 8.52. The molecule has 1 aromatic rings. The van der Waals surface area contributed by atoms with E-state index in [1.807, 2.05) is 26.0 Å². The summed E-state index contributed by atoms with van der Waals surface area (Å²) in [5.41, 5.74) is 7.25. The van der Waals surface area contributed by atoms with Crippen molar-refractivity contribution in [3.05, 3.63) is 35.4 Å². The maximum atomic E-state index is 12.1. The highest BCUT2D eigenvalue weighted by Gasteiger charge is 2.29. The van der Waals surface area contributed by atoms with E-state index in [1.165, 1.54) is 5.56 Å². The molecule has 0 saturated heterocycles. The zero-order chi connectivity index (χ0) is 13.6. The summed E-state index contributed by atoms with van der Waals surface area (Å²) in [7, 11) is 0. The highest BCUT2D eigenvalue weighted by molar-refractivity contribution is 5.87. The Balaban J connectivity index is 0.00000324. The van der Waals surface area contributed by atoms with Crippen LogP contribution in [0.5, 0.6) is 0 Å². The van der Waals surface area contributed by atoms with E-state index in [0.29, 0.717) is 13.1 Å². The molecule has 3 N–H and O–H groups in total. The lowest BCUT2D eigenvalue weighted by molar-refractivity contribution is -0.125. The molecule has 0 aliphatic rings. The summed E-state index contributed by atoms with van der Waals surface area (Å²) < 4.78 is 0. The molecule has 0 unspecified atom stereocenters. The van der Waals surface area contributed by atoms with Gasteiger partial charge in [-0.05, 0) is 44.4 Å². The molecule has 0 spiro atoms. The predicted octanol–water partition coefficient (Wildman–Crippen LogP) is 2.41. The fourth-order valence-corrected chi connectivity index (χ4v) is 1.81. The molecule has 3 nitrogen and oxygen atoms in total. The van der Waals surface area contributed by atoms with Gasteiger partial charge in [0.1, 0.15) is 0 Å². The fraction of sp³-hybridized carbons (Fsp3) is 0.533. The maximum Gasteiger partial charge on any atom is 0.230 e. The molecule has 0 atom stereocenters. The molecular weight excluding hydrogens is 260 g/mol. The molecule has 1 aromatic carbocycles. The molecule has 4 heteroatoms. The lowest BCUT2D eigenvalue weighted by Crippen LogP contribution is -2.40. The Labute approximate surface area is 122 Å². The molecule has 108 valence electrons. The van der Waals surface area contributed by atoms with Crippen molar-refractivity contribution in [3.8, 4) is 0 Å². The standard InChI is InChI=1S/C15H24N2O.ClH/c1-4-12-6-8-13(9-7-12)15(2,3)14(18)17-11-5-10-16;/h6-9H,4-5,10-11,16H2,1-3H3,(H,17,18);1H. The van der Waals surface area contributed by atoms with Crippen LogP contribution in [0.15, 0.2) is 24.3 Å². The van der Waals surface area contributed by atoms with Crippen molar-refractivity contribution in [1.82, 2.24) is 5.32 Å². The Hall–Kier alpha value is -1.06. The van der Waals surface area contributed by atoms with Crippen LogP contribution in [0, 0.1) is 0 Å². The van der Waals surface area contributed by atoms with Crippen LogP contribution in [0.4, 0.5) is 0 Å². The molecule has 0 bridgehead atoms. The van der Waals surface area contributed by atoms with Gasteiger partial charge < -0.3 is 11.1 Å². The third-order valence-corrected chi connectivity index (χ3v) is 3.32. The Kier molecular flexibility index (Phi) is 7.72. The second-order valence-corrected chi connectivity index (χ2v) is 5.07. The third-order valence-electron chi connectivity index (χ3n) is 3.32. The van der Waals surface area contributed by atoms with Crippen molar-refractivity contribution in [2.45, 2.75) is 39.0 Å². The summed E-state index contributed by atoms with van der Waals surface area (Å²) in [4.78, 5) is 12.1. The zero-order valence-corrected chi connectivity index (χ0v) is 12.8. The quantitative estimate of drug-likeness (QED) is 0.788. The Morgan fingerprint density at radius 2 is 1.84 bits per heavy atom. The highest BCUT2D eigenvalue weighted by Crippen LogP contribution is 2.23. The first-order valence-corrected chi connectivity index (χ1v) is 6.60. The van der Waals surface area contributed by atoms with E-state index in [2.05, 4.69) is 24.4 Å². The van der Waals surface area contributed by atoms with Crippen LogP contribution in [-0.4, -0.2) is 19.0 Å². The van der Waals surface area contributed by atoms with Gasteiger partial charge in [0.05, 0.1) is 5.41 Å². The average Bonchev–Trinajstić information content (AvgIpc) is 2.39. The lowest BCUT2D eigenvalue weighted by atomic mass is 9.83. The molecule has 0 aliphatic carbocycles. The van der Waals surface area contributed by atoms with Crippen molar-refractivity contribution >= 4 is 18.3 Å². The number of nitrogens with one attached hydrogen (secondary N) is 1. The van der Waals surface area contributed by atoms with Crippen LogP contribution in [0.1, 0.15) is 38.3 Å². The zero-order valence-electron chi connectivity index (χ0n) is 12.0. The first-order valence-electron chi connectivity index (χ1n) is 6.60. The van der Waals surface area contributed by atoms with Crippen LogP contribution in [0.3, 0.4) is 0 Å². The number of rotatable bonds is 6. The Morgan fingerprint density at radius 3 is 2.32 bits per heavy atom. The largest absolute Gasteiger partial charge is 0.355 e. The topological polar surface area (TPSA) is 55.1 Å². The van der Waals surface area contributed by atoms with Gasteiger partial charge in [-0.3, -0.25) is 4.79 Å². The SMILES string of the molecule is CCc1ccc(C(C)(C)C(=O)NCCCN)cc1.Cl. The van der Waals surface area contributed by atoms with E-state index in [0.717, 1.165) is 18.4 Å². The molecule has 19 heavy (non-hydrogen) atoms. The van der Waals surface area contributed by atoms with Gasteiger partial charge in [0.25, 0.3) is 0 Å². The summed E-state index contributed by atoms with van der Waals surface area (Å²) in [5, 5.41) is 2.93. The summed E-state index contributed by atoms with van der Waals surface area (Å²) in [6.07, 6.45) is 1.83.